The zero-order valence-corrected chi connectivity index (χ0v) is 15.7. The normalized spacial score (nSPS) is 14.4. The predicted octanol–water partition coefficient (Wildman–Crippen LogP) is 3.29. The van der Waals surface area contributed by atoms with E-state index in [0.717, 1.165) is 36.2 Å². The van der Waals surface area contributed by atoms with Gasteiger partial charge in [0.15, 0.2) is 0 Å². The average molecular weight is 372 g/mol. The van der Waals surface area contributed by atoms with E-state index in [1.807, 2.05) is 11.8 Å². The second-order valence-electron chi connectivity index (χ2n) is 6.91. The first kappa shape index (κ1) is 19.2. The number of β-amino-alcohol motifs (C(OH)–C–C–N with tert-alkyl or cyclic N) is 1. The molecule has 1 amide bonds. The van der Waals surface area contributed by atoms with Gasteiger partial charge in [-0.1, -0.05) is 6.07 Å². The lowest BCUT2D eigenvalue weighted by Gasteiger charge is -2.34. The quantitative estimate of drug-likeness (QED) is 0.817. The Morgan fingerprint density at radius 1 is 1.30 bits per heavy atom. The monoisotopic (exact) mass is 372 g/mol. The highest BCUT2D eigenvalue weighted by Gasteiger charge is 2.23. The van der Waals surface area contributed by atoms with E-state index in [1.165, 1.54) is 13.0 Å². The van der Waals surface area contributed by atoms with Gasteiger partial charge in [-0.05, 0) is 55.7 Å². The third-order valence-corrected chi connectivity index (χ3v) is 4.65. The molecule has 1 aliphatic rings. The van der Waals surface area contributed by atoms with Gasteiger partial charge in [-0.15, -0.1) is 0 Å². The summed E-state index contributed by atoms with van der Waals surface area (Å²) in [5.41, 5.74) is 3.36. The molecular weight excluding hydrogens is 347 g/mol. The van der Waals surface area contributed by atoms with E-state index in [1.54, 1.807) is 30.3 Å². The molecule has 0 saturated heterocycles. The van der Waals surface area contributed by atoms with Crippen LogP contribution in [0.4, 0.5) is 15.8 Å². The number of amides is 1. The third kappa shape index (κ3) is 4.77. The third-order valence-electron chi connectivity index (χ3n) is 4.65. The van der Waals surface area contributed by atoms with E-state index < -0.39 is 6.10 Å². The van der Waals surface area contributed by atoms with Gasteiger partial charge in [0, 0.05) is 37.0 Å². The molecule has 27 heavy (non-hydrogen) atoms. The van der Waals surface area contributed by atoms with Gasteiger partial charge >= 0.3 is 0 Å². The van der Waals surface area contributed by atoms with Gasteiger partial charge in [-0.3, -0.25) is 4.79 Å². The van der Waals surface area contributed by atoms with Crippen molar-refractivity contribution in [2.75, 3.05) is 29.9 Å². The van der Waals surface area contributed by atoms with Crippen LogP contribution in [-0.2, 0) is 11.2 Å². The lowest BCUT2D eigenvalue weighted by molar-refractivity contribution is -0.114. The summed E-state index contributed by atoms with van der Waals surface area (Å²) in [5.74, 6) is 0.308. The van der Waals surface area contributed by atoms with Gasteiger partial charge in [0.25, 0.3) is 0 Å². The van der Waals surface area contributed by atoms with Crippen molar-refractivity contribution in [2.24, 2.45) is 0 Å². The van der Waals surface area contributed by atoms with Crippen molar-refractivity contribution in [3.8, 4) is 5.75 Å². The molecule has 0 saturated carbocycles. The molecule has 1 atom stereocenters. The number of nitrogens with zero attached hydrogens (tertiary/aromatic N) is 1. The second-order valence-corrected chi connectivity index (χ2v) is 6.91. The van der Waals surface area contributed by atoms with Crippen molar-refractivity contribution >= 4 is 17.3 Å². The number of rotatable bonds is 6. The Kier molecular flexibility index (Phi) is 5.96. The summed E-state index contributed by atoms with van der Waals surface area (Å²) in [4.78, 5) is 13.1. The minimum atomic E-state index is -0.700. The number of fused-ring (bicyclic) bond motifs is 1. The molecule has 2 N–H and O–H groups in total. The number of aliphatic hydroxyl groups excluding tert-OH is 1. The van der Waals surface area contributed by atoms with Crippen LogP contribution in [0.15, 0.2) is 36.4 Å². The molecule has 1 heterocycles. The molecule has 0 aliphatic carbocycles. The Labute approximate surface area is 158 Å². The number of carbonyl (C=O) groups excluding carboxylic acids is 1. The van der Waals surface area contributed by atoms with Crippen molar-refractivity contribution in [3.63, 3.8) is 0 Å². The molecule has 1 unspecified atom stereocenters. The number of halogens is 1. The van der Waals surface area contributed by atoms with Crippen molar-refractivity contribution in [1.29, 1.82) is 0 Å². The molecular formula is C21H25FN2O3. The summed E-state index contributed by atoms with van der Waals surface area (Å²) < 4.78 is 19.8. The van der Waals surface area contributed by atoms with Crippen LogP contribution in [0.5, 0.6) is 5.75 Å². The van der Waals surface area contributed by atoms with Gasteiger partial charge in [-0.25, -0.2) is 4.39 Å². The summed E-state index contributed by atoms with van der Waals surface area (Å²) in [6, 6.07) is 10.3. The fraction of sp³-hybridized carbons (Fsp3) is 0.381. The van der Waals surface area contributed by atoms with Gasteiger partial charge in [0.05, 0.1) is 0 Å². The van der Waals surface area contributed by atoms with Crippen LogP contribution >= 0.6 is 0 Å². The van der Waals surface area contributed by atoms with E-state index in [4.69, 9.17) is 4.74 Å². The zero-order chi connectivity index (χ0) is 19.4. The van der Waals surface area contributed by atoms with Crippen LogP contribution in [0.2, 0.25) is 0 Å². The number of aliphatic hydroxyl groups is 1. The van der Waals surface area contributed by atoms with Crippen LogP contribution in [0, 0.1) is 12.7 Å². The predicted molar refractivity (Wildman–Crippen MR) is 104 cm³/mol. The molecule has 0 aromatic heterocycles. The molecule has 2 aromatic rings. The van der Waals surface area contributed by atoms with Crippen molar-refractivity contribution < 1.29 is 19.0 Å². The SMILES string of the molecule is CC(=O)Nc1ccc(OCC(O)CN2CCCc3c(F)ccc(C)c32)cc1. The van der Waals surface area contributed by atoms with Crippen molar-refractivity contribution in [2.45, 2.75) is 32.8 Å². The minimum absolute atomic E-state index is 0.132. The minimum Gasteiger partial charge on any atom is -0.491 e. The Balaban J connectivity index is 1.58. The standard InChI is InChI=1S/C21H25FN2O3/c1-14-5-10-20(22)19-4-3-11-24(21(14)19)12-17(26)13-27-18-8-6-16(7-9-18)23-15(2)25/h5-10,17,26H,3-4,11-13H2,1-2H3,(H,23,25). The number of anilines is 2. The summed E-state index contributed by atoms with van der Waals surface area (Å²) >= 11 is 0. The first-order valence-electron chi connectivity index (χ1n) is 9.15. The number of nitrogens with one attached hydrogen (secondary N) is 1. The van der Waals surface area contributed by atoms with Crippen LogP contribution < -0.4 is 15.0 Å². The number of hydrogen-bond donors (Lipinski definition) is 2. The molecule has 0 spiro atoms. The topological polar surface area (TPSA) is 61.8 Å². The highest BCUT2D eigenvalue weighted by Crippen LogP contribution is 2.32. The van der Waals surface area contributed by atoms with Gasteiger partial charge in [0.2, 0.25) is 5.91 Å². The van der Waals surface area contributed by atoms with Gasteiger partial charge < -0.3 is 20.1 Å². The highest BCUT2D eigenvalue weighted by molar-refractivity contribution is 5.88. The molecule has 0 radical (unpaired) electrons. The molecule has 1 aliphatic heterocycles. The molecule has 0 bridgehead atoms. The molecule has 2 aromatic carbocycles. The fourth-order valence-electron chi connectivity index (χ4n) is 3.49. The maximum absolute atomic E-state index is 14.1. The van der Waals surface area contributed by atoms with Gasteiger partial charge in [0.1, 0.15) is 24.3 Å². The fourth-order valence-corrected chi connectivity index (χ4v) is 3.49. The van der Waals surface area contributed by atoms with E-state index in [9.17, 15) is 14.3 Å². The van der Waals surface area contributed by atoms with Crippen LogP contribution in [-0.4, -0.2) is 36.8 Å². The molecule has 144 valence electrons. The number of ether oxygens (including phenoxy) is 1. The molecule has 3 rings (SSSR count). The van der Waals surface area contributed by atoms with Crippen molar-refractivity contribution in [1.82, 2.24) is 0 Å². The van der Waals surface area contributed by atoms with Gasteiger partial charge in [-0.2, -0.15) is 0 Å². The number of benzene rings is 2. The molecule has 0 fully saturated rings. The van der Waals surface area contributed by atoms with Crippen LogP contribution in [0.25, 0.3) is 0 Å². The van der Waals surface area contributed by atoms with Crippen LogP contribution in [0.1, 0.15) is 24.5 Å². The zero-order valence-electron chi connectivity index (χ0n) is 15.7. The summed E-state index contributed by atoms with van der Waals surface area (Å²) in [7, 11) is 0. The van der Waals surface area contributed by atoms with E-state index in [2.05, 4.69) is 5.32 Å². The Hall–Kier alpha value is -2.60. The number of hydrogen-bond acceptors (Lipinski definition) is 4. The summed E-state index contributed by atoms with van der Waals surface area (Å²) in [6.07, 6.45) is 0.895. The maximum Gasteiger partial charge on any atom is 0.221 e. The second kappa shape index (κ2) is 8.39. The maximum atomic E-state index is 14.1. The average Bonchev–Trinajstić information content (AvgIpc) is 2.64. The first-order valence-corrected chi connectivity index (χ1v) is 9.15. The lowest BCUT2D eigenvalue weighted by Crippen LogP contribution is -2.39. The number of aryl methyl sites for hydroxylation is 1. The number of carbonyl (C=O) groups is 1. The van der Waals surface area contributed by atoms with E-state index >= 15 is 0 Å². The Morgan fingerprint density at radius 3 is 2.74 bits per heavy atom. The van der Waals surface area contributed by atoms with Crippen molar-refractivity contribution in [3.05, 3.63) is 53.3 Å². The smallest absolute Gasteiger partial charge is 0.221 e. The van der Waals surface area contributed by atoms with Crippen LogP contribution in [0.3, 0.4) is 0 Å². The van der Waals surface area contributed by atoms with E-state index in [0.29, 0.717) is 18.0 Å². The Morgan fingerprint density at radius 2 is 2.04 bits per heavy atom. The lowest BCUT2D eigenvalue weighted by atomic mass is 9.97. The molecule has 5 nitrogen and oxygen atoms in total. The summed E-state index contributed by atoms with van der Waals surface area (Å²) in [6.45, 7) is 4.74. The molecule has 6 heteroatoms. The van der Waals surface area contributed by atoms with E-state index in [-0.39, 0.29) is 18.3 Å². The largest absolute Gasteiger partial charge is 0.491 e. The highest BCUT2D eigenvalue weighted by atomic mass is 19.1. The summed E-state index contributed by atoms with van der Waals surface area (Å²) in [5, 5.41) is 13.1. The Bertz CT molecular complexity index is 808. The first-order chi connectivity index (χ1) is 12.9.